The minimum Gasteiger partial charge on any atom is -0.343 e. The molecule has 1 aromatic heterocycles. The second-order valence-corrected chi connectivity index (χ2v) is 5.31. The lowest BCUT2D eigenvalue weighted by Gasteiger charge is -2.08. The highest BCUT2D eigenvalue weighted by Gasteiger charge is 2.12. The first-order chi connectivity index (χ1) is 8.52. The molecule has 0 bridgehead atoms. The van der Waals surface area contributed by atoms with Gasteiger partial charge in [0.05, 0.1) is 10.7 Å². The molecule has 0 atom stereocenters. The molecule has 6 heteroatoms. The Morgan fingerprint density at radius 3 is 2.89 bits per heavy atom. The first-order valence-corrected chi connectivity index (χ1v) is 6.85. The summed E-state index contributed by atoms with van der Waals surface area (Å²) in [6.07, 6.45) is 0.698. The molecule has 0 spiro atoms. The van der Waals surface area contributed by atoms with Gasteiger partial charge in [0.15, 0.2) is 5.82 Å². The van der Waals surface area contributed by atoms with Gasteiger partial charge in [0.1, 0.15) is 10.5 Å². The highest BCUT2D eigenvalue weighted by molar-refractivity contribution is 9.10. The van der Waals surface area contributed by atoms with E-state index >= 15 is 0 Å². The Balaban J connectivity index is 2.66. The number of hydrogen-bond acceptors (Lipinski definition) is 2. The van der Waals surface area contributed by atoms with Crippen LogP contribution >= 0.6 is 39.7 Å². The van der Waals surface area contributed by atoms with Crippen molar-refractivity contribution in [3.63, 3.8) is 0 Å². The third-order valence-electron chi connectivity index (χ3n) is 2.45. The Bertz CT molecular complexity index is 657. The number of H-pyrrole nitrogens is 1. The second kappa shape index (κ2) is 5.47. The molecule has 94 valence electrons. The molecule has 18 heavy (non-hydrogen) atoms. The Kier molecular flexibility index (Phi) is 4.14. The number of nitrogens with one attached hydrogen (secondary N) is 1. The quantitative estimate of drug-likeness (QED) is 0.617. The first kappa shape index (κ1) is 13.6. The van der Waals surface area contributed by atoms with Gasteiger partial charge < -0.3 is 4.98 Å². The maximum absolute atomic E-state index is 14.1. The molecule has 2 rings (SSSR count). The van der Waals surface area contributed by atoms with Gasteiger partial charge in [-0.25, -0.2) is 9.37 Å². The fourth-order valence-electron chi connectivity index (χ4n) is 1.55. The van der Waals surface area contributed by atoms with Crippen molar-refractivity contribution in [2.45, 2.75) is 13.3 Å². The fourth-order valence-corrected chi connectivity index (χ4v) is 2.25. The van der Waals surface area contributed by atoms with E-state index < -0.39 is 5.82 Å². The summed E-state index contributed by atoms with van der Waals surface area (Å²) in [6.45, 7) is 1.95. The smallest absolute Gasteiger partial charge is 0.152 e. The average molecular weight is 348 g/mol. The molecule has 0 saturated heterocycles. The summed E-state index contributed by atoms with van der Waals surface area (Å²) in [5.41, 5.74) is 0.963. The molecule has 0 fully saturated rings. The van der Waals surface area contributed by atoms with E-state index in [2.05, 4.69) is 25.9 Å². The summed E-state index contributed by atoms with van der Waals surface area (Å²) in [6, 6.07) is 4.96. The van der Waals surface area contributed by atoms with Crippen LogP contribution in [0.2, 0.25) is 5.02 Å². The van der Waals surface area contributed by atoms with Gasteiger partial charge >= 0.3 is 0 Å². The van der Waals surface area contributed by atoms with E-state index in [0.29, 0.717) is 26.8 Å². The van der Waals surface area contributed by atoms with Gasteiger partial charge in [-0.05, 0) is 34.1 Å². The van der Waals surface area contributed by atoms with E-state index in [4.69, 9.17) is 23.8 Å². The molecule has 2 nitrogen and oxygen atoms in total. The average Bonchev–Trinajstić information content (AvgIpc) is 2.35. The number of halogens is 3. The summed E-state index contributed by atoms with van der Waals surface area (Å²) in [5, 5.41) is 0.0571. The molecule has 0 aliphatic rings. The van der Waals surface area contributed by atoms with Crippen LogP contribution in [-0.4, -0.2) is 9.97 Å². The fraction of sp³-hybridized carbons (Fsp3) is 0.167. The van der Waals surface area contributed by atoms with E-state index in [1.165, 1.54) is 0 Å². The Hall–Kier alpha value is -0.780. The Morgan fingerprint density at radius 1 is 1.50 bits per heavy atom. The zero-order valence-corrected chi connectivity index (χ0v) is 12.6. The van der Waals surface area contributed by atoms with Gasteiger partial charge in [-0.2, -0.15) is 0 Å². The SMILES string of the molecule is CCc1nc(=S)cc(-c2ccc(Br)c(Cl)c2F)[nH]1. The van der Waals surface area contributed by atoms with Gasteiger partial charge in [-0.1, -0.05) is 30.7 Å². The third kappa shape index (κ3) is 2.63. The van der Waals surface area contributed by atoms with E-state index in [9.17, 15) is 4.39 Å². The maximum Gasteiger partial charge on any atom is 0.152 e. The molecule has 0 amide bonds. The Labute approximate surface area is 122 Å². The number of rotatable bonds is 2. The van der Waals surface area contributed by atoms with Crippen LogP contribution in [0.5, 0.6) is 0 Å². The molecule has 0 radical (unpaired) electrons. The van der Waals surface area contributed by atoms with Crippen LogP contribution in [0.1, 0.15) is 12.7 Å². The van der Waals surface area contributed by atoms with Gasteiger partial charge in [0.25, 0.3) is 0 Å². The van der Waals surface area contributed by atoms with Gasteiger partial charge in [-0.3, -0.25) is 0 Å². The predicted molar refractivity (Wildman–Crippen MR) is 76.9 cm³/mol. The van der Waals surface area contributed by atoms with Crippen LogP contribution < -0.4 is 0 Å². The maximum atomic E-state index is 14.1. The van der Waals surface area contributed by atoms with Crippen LogP contribution in [0.3, 0.4) is 0 Å². The van der Waals surface area contributed by atoms with Crippen LogP contribution in [0.25, 0.3) is 11.3 Å². The number of hydrogen-bond donors (Lipinski definition) is 1. The summed E-state index contributed by atoms with van der Waals surface area (Å²) in [5.74, 6) is 0.237. The number of nitrogens with zero attached hydrogens (tertiary/aromatic N) is 1. The van der Waals surface area contributed by atoms with E-state index in [1.807, 2.05) is 6.92 Å². The van der Waals surface area contributed by atoms with Crippen molar-refractivity contribution in [3.8, 4) is 11.3 Å². The van der Waals surface area contributed by atoms with Gasteiger partial charge in [-0.15, -0.1) is 0 Å². The van der Waals surface area contributed by atoms with E-state index in [0.717, 1.165) is 5.82 Å². The van der Waals surface area contributed by atoms with Gasteiger partial charge in [0, 0.05) is 16.5 Å². The third-order valence-corrected chi connectivity index (χ3v) is 3.92. The topological polar surface area (TPSA) is 28.7 Å². The zero-order chi connectivity index (χ0) is 13.3. The molecular weight excluding hydrogens is 339 g/mol. The minimum atomic E-state index is -0.482. The normalized spacial score (nSPS) is 10.7. The monoisotopic (exact) mass is 346 g/mol. The van der Waals surface area contributed by atoms with Crippen molar-refractivity contribution in [2.75, 3.05) is 0 Å². The van der Waals surface area contributed by atoms with Crippen molar-refractivity contribution in [2.24, 2.45) is 0 Å². The Morgan fingerprint density at radius 2 is 2.22 bits per heavy atom. The van der Waals surface area contributed by atoms with Crippen molar-refractivity contribution in [3.05, 3.63) is 44.0 Å². The standard InChI is InChI=1S/C12H9BrClFN2S/c1-2-9-16-8(5-10(18)17-9)6-3-4-7(13)11(14)12(6)15/h3-5H,2H2,1H3,(H,16,17,18). The lowest BCUT2D eigenvalue weighted by Crippen LogP contribution is -1.97. The molecular formula is C12H9BrClFN2S. The van der Waals surface area contributed by atoms with Crippen LogP contribution in [-0.2, 0) is 6.42 Å². The lowest BCUT2D eigenvalue weighted by molar-refractivity contribution is 0.630. The zero-order valence-electron chi connectivity index (χ0n) is 9.43. The predicted octanol–water partition coefficient (Wildman–Crippen LogP) is 4.92. The van der Waals surface area contributed by atoms with Crippen molar-refractivity contribution < 1.29 is 4.39 Å². The van der Waals surface area contributed by atoms with Crippen LogP contribution in [0, 0.1) is 10.5 Å². The number of aryl methyl sites for hydroxylation is 1. The highest BCUT2D eigenvalue weighted by Crippen LogP contribution is 2.32. The van der Waals surface area contributed by atoms with E-state index in [-0.39, 0.29) is 5.02 Å². The summed E-state index contributed by atoms with van der Waals surface area (Å²) < 4.78 is 15.0. The van der Waals surface area contributed by atoms with Crippen molar-refractivity contribution >= 4 is 39.7 Å². The van der Waals surface area contributed by atoms with Crippen LogP contribution in [0.15, 0.2) is 22.7 Å². The number of aromatic nitrogens is 2. The molecule has 0 aliphatic carbocycles. The van der Waals surface area contributed by atoms with Crippen molar-refractivity contribution in [1.29, 1.82) is 0 Å². The molecule has 0 saturated carbocycles. The molecule has 0 unspecified atom stereocenters. The molecule has 1 heterocycles. The minimum absolute atomic E-state index is 0.0571. The first-order valence-electron chi connectivity index (χ1n) is 5.27. The number of aromatic amines is 1. The molecule has 0 aliphatic heterocycles. The summed E-state index contributed by atoms with van der Waals surface area (Å²) in [4.78, 5) is 7.19. The lowest BCUT2D eigenvalue weighted by atomic mass is 10.1. The molecule has 2 aromatic rings. The number of benzene rings is 1. The largest absolute Gasteiger partial charge is 0.343 e. The van der Waals surface area contributed by atoms with Gasteiger partial charge in [0.2, 0.25) is 0 Å². The second-order valence-electron chi connectivity index (χ2n) is 3.66. The highest BCUT2D eigenvalue weighted by atomic mass is 79.9. The van der Waals surface area contributed by atoms with E-state index in [1.54, 1.807) is 18.2 Å². The molecule has 1 aromatic carbocycles. The molecule has 1 N–H and O–H groups in total. The van der Waals surface area contributed by atoms with Crippen LogP contribution in [0.4, 0.5) is 4.39 Å². The summed E-state index contributed by atoms with van der Waals surface area (Å²) in [7, 11) is 0. The van der Waals surface area contributed by atoms with Crippen molar-refractivity contribution in [1.82, 2.24) is 9.97 Å². The summed E-state index contributed by atoms with van der Waals surface area (Å²) >= 11 is 14.1.